The van der Waals surface area contributed by atoms with Crippen molar-refractivity contribution in [2.24, 2.45) is 0 Å². The predicted octanol–water partition coefficient (Wildman–Crippen LogP) is 2.38. The van der Waals surface area contributed by atoms with E-state index in [1.54, 1.807) is 6.26 Å². The summed E-state index contributed by atoms with van der Waals surface area (Å²) >= 11 is 0. The highest BCUT2D eigenvalue weighted by atomic mass is 16.3. The smallest absolute Gasteiger partial charge is 0.103 e. The van der Waals surface area contributed by atoms with Crippen molar-refractivity contribution >= 4 is 0 Å². The van der Waals surface area contributed by atoms with Crippen LogP contribution in [0.15, 0.2) is 22.8 Å². The zero-order valence-corrected chi connectivity index (χ0v) is 8.49. The van der Waals surface area contributed by atoms with Crippen LogP contribution < -0.4 is 0 Å². The van der Waals surface area contributed by atoms with E-state index in [9.17, 15) is 5.11 Å². The summed E-state index contributed by atoms with van der Waals surface area (Å²) in [5.41, 5.74) is 0. The second kappa shape index (κ2) is 6.28. The van der Waals surface area contributed by atoms with Gasteiger partial charge in [-0.3, -0.25) is 0 Å². The van der Waals surface area contributed by atoms with Crippen LogP contribution in [0, 0.1) is 11.8 Å². The molecule has 1 N–H and O–H groups in total. The highest BCUT2D eigenvalue weighted by Gasteiger charge is 2.04. The molecule has 2 heteroatoms. The Morgan fingerprint density at radius 2 is 2.36 bits per heavy atom. The highest BCUT2D eigenvalue weighted by molar-refractivity contribution is 4.99. The third-order valence-electron chi connectivity index (χ3n) is 2.08. The lowest BCUT2D eigenvalue weighted by Crippen LogP contribution is -2.06. The molecule has 0 amide bonds. The van der Waals surface area contributed by atoms with Crippen molar-refractivity contribution < 1.29 is 9.52 Å². The normalized spacial score (nSPS) is 11.9. The van der Waals surface area contributed by atoms with Crippen molar-refractivity contribution in [2.45, 2.75) is 38.7 Å². The van der Waals surface area contributed by atoms with Gasteiger partial charge in [0, 0.05) is 12.8 Å². The van der Waals surface area contributed by atoms with E-state index >= 15 is 0 Å². The molecule has 0 aromatic carbocycles. The summed E-state index contributed by atoms with van der Waals surface area (Å²) in [4.78, 5) is 0. The summed E-state index contributed by atoms with van der Waals surface area (Å²) in [5, 5.41) is 9.57. The first-order valence-corrected chi connectivity index (χ1v) is 4.93. The van der Waals surface area contributed by atoms with E-state index in [-0.39, 0.29) is 6.10 Å². The third-order valence-corrected chi connectivity index (χ3v) is 2.08. The Hall–Kier alpha value is -1.20. The molecule has 0 saturated carbocycles. The van der Waals surface area contributed by atoms with Gasteiger partial charge in [-0.25, -0.2) is 0 Å². The average molecular weight is 192 g/mol. The molecule has 0 spiro atoms. The summed E-state index contributed by atoms with van der Waals surface area (Å²) in [6, 6.07) is 3.79. The Morgan fingerprint density at radius 3 is 3.00 bits per heavy atom. The largest absolute Gasteiger partial charge is 0.469 e. The molecule has 1 aromatic rings. The van der Waals surface area contributed by atoms with Crippen molar-refractivity contribution in [2.75, 3.05) is 0 Å². The van der Waals surface area contributed by atoms with Crippen LogP contribution in [0.2, 0.25) is 0 Å². The second-order valence-electron chi connectivity index (χ2n) is 3.24. The van der Waals surface area contributed by atoms with Gasteiger partial charge in [0.1, 0.15) is 5.76 Å². The van der Waals surface area contributed by atoms with Gasteiger partial charge < -0.3 is 9.52 Å². The van der Waals surface area contributed by atoms with E-state index in [1.165, 1.54) is 0 Å². The molecule has 1 heterocycles. The van der Waals surface area contributed by atoms with Crippen molar-refractivity contribution in [3.8, 4) is 11.8 Å². The fourth-order valence-electron chi connectivity index (χ4n) is 1.27. The third kappa shape index (κ3) is 4.15. The molecule has 0 saturated heterocycles. The van der Waals surface area contributed by atoms with E-state index in [0.29, 0.717) is 0 Å². The van der Waals surface area contributed by atoms with Gasteiger partial charge in [0.2, 0.25) is 0 Å². The van der Waals surface area contributed by atoms with Crippen LogP contribution in [0.3, 0.4) is 0 Å². The first-order valence-electron chi connectivity index (χ1n) is 4.93. The predicted molar refractivity (Wildman–Crippen MR) is 55.7 cm³/mol. The molecule has 76 valence electrons. The lowest BCUT2D eigenvalue weighted by molar-refractivity contribution is 0.154. The van der Waals surface area contributed by atoms with E-state index in [4.69, 9.17) is 4.42 Å². The number of hydrogen-bond donors (Lipinski definition) is 1. The van der Waals surface area contributed by atoms with Crippen LogP contribution >= 0.6 is 0 Å². The minimum absolute atomic E-state index is 0.263. The second-order valence-corrected chi connectivity index (χ2v) is 3.24. The maximum Gasteiger partial charge on any atom is 0.103 e. The SMILES string of the molecule is CC#CCCC(O)CCc1ccco1. The number of hydrogen-bond acceptors (Lipinski definition) is 2. The van der Waals surface area contributed by atoms with Crippen molar-refractivity contribution in [1.29, 1.82) is 0 Å². The Morgan fingerprint density at radius 1 is 1.50 bits per heavy atom. The molecule has 1 unspecified atom stereocenters. The van der Waals surface area contributed by atoms with E-state index < -0.39 is 0 Å². The van der Waals surface area contributed by atoms with E-state index in [1.807, 2.05) is 19.1 Å². The van der Waals surface area contributed by atoms with Gasteiger partial charge >= 0.3 is 0 Å². The van der Waals surface area contributed by atoms with Crippen LogP contribution in [0.4, 0.5) is 0 Å². The molecular formula is C12H16O2. The van der Waals surface area contributed by atoms with Crippen molar-refractivity contribution in [3.63, 3.8) is 0 Å². The summed E-state index contributed by atoms with van der Waals surface area (Å²) in [6.45, 7) is 1.81. The quantitative estimate of drug-likeness (QED) is 0.726. The van der Waals surface area contributed by atoms with Crippen LogP contribution in [-0.2, 0) is 6.42 Å². The molecular weight excluding hydrogens is 176 g/mol. The number of aliphatic hydroxyl groups is 1. The van der Waals surface area contributed by atoms with Gasteiger partial charge in [-0.2, -0.15) is 0 Å². The molecule has 0 aliphatic heterocycles. The summed E-state index contributed by atoms with van der Waals surface area (Å²) in [6.07, 6.45) is 4.47. The monoisotopic (exact) mass is 192 g/mol. The zero-order valence-electron chi connectivity index (χ0n) is 8.49. The maximum atomic E-state index is 9.57. The van der Waals surface area contributed by atoms with Crippen molar-refractivity contribution in [3.05, 3.63) is 24.2 Å². The Balaban J connectivity index is 2.14. The van der Waals surface area contributed by atoms with Gasteiger partial charge in [-0.1, -0.05) is 0 Å². The summed E-state index contributed by atoms with van der Waals surface area (Å²) < 4.78 is 5.17. The lowest BCUT2D eigenvalue weighted by atomic mass is 10.1. The van der Waals surface area contributed by atoms with Crippen LogP contribution in [0.5, 0.6) is 0 Å². The van der Waals surface area contributed by atoms with E-state index in [2.05, 4.69) is 11.8 Å². The van der Waals surface area contributed by atoms with Gasteiger partial charge in [0.05, 0.1) is 12.4 Å². The Labute approximate surface area is 84.9 Å². The summed E-state index contributed by atoms with van der Waals surface area (Å²) in [5.74, 6) is 6.69. The minimum Gasteiger partial charge on any atom is -0.469 e. The van der Waals surface area contributed by atoms with Gasteiger partial charge in [-0.05, 0) is 31.9 Å². The van der Waals surface area contributed by atoms with Gasteiger partial charge in [-0.15, -0.1) is 11.8 Å². The molecule has 0 aliphatic carbocycles. The lowest BCUT2D eigenvalue weighted by Gasteiger charge is -2.06. The standard InChI is InChI=1S/C12H16O2/c1-2-3-4-6-11(13)8-9-12-7-5-10-14-12/h5,7,10-11,13H,4,6,8-9H2,1H3. The molecule has 14 heavy (non-hydrogen) atoms. The van der Waals surface area contributed by atoms with Crippen LogP contribution in [0.25, 0.3) is 0 Å². The first-order chi connectivity index (χ1) is 6.83. The zero-order chi connectivity index (χ0) is 10.2. The van der Waals surface area contributed by atoms with Gasteiger partial charge in [0.25, 0.3) is 0 Å². The average Bonchev–Trinajstić information content (AvgIpc) is 2.68. The van der Waals surface area contributed by atoms with Crippen LogP contribution in [0.1, 0.15) is 31.9 Å². The maximum absolute atomic E-state index is 9.57. The molecule has 0 aliphatic rings. The van der Waals surface area contributed by atoms with Crippen LogP contribution in [-0.4, -0.2) is 11.2 Å². The van der Waals surface area contributed by atoms with E-state index in [0.717, 1.165) is 31.4 Å². The molecule has 1 atom stereocenters. The molecule has 2 nitrogen and oxygen atoms in total. The fourth-order valence-corrected chi connectivity index (χ4v) is 1.27. The van der Waals surface area contributed by atoms with Gasteiger partial charge in [0.15, 0.2) is 0 Å². The molecule has 0 fully saturated rings. The molecule has 1 aromatic heterocycles. The Bertz CT molecular complexity index is 290. The first kappa shape index (κ1) is 10.9. The summed E-state index contributed by atoms with van der Waals surface area (Å²) in [7, 11) is 0. The molecule has 1 rings (SSSR count). The Kier molecular flexibility index (Phi) is 4.88. The fraction of sp³-hybridized carbons (Fsp3) is 0.500. The topological polar surface area (TPSA) is 33.4 Å². The molecule has 0 bridgehead atoms. The molecule has 0 radical (unpaired) electrons. The number of aliphatic hydroxyl groups excluding tert-OH is 1. The highest BCUT2D eigenvalue weighted by Crippen LogP contribution is 2.08. The number of aryl methyl sites for hydroxylation is 1. The number of furan rings is 1. The minimum atomic E-state index is -0.263. The number of rotatable bonds is 5. The van der Waals surface area contributed by atoms with Crippen molar-refractivity contribution in [1.82, 2.24) is 0 Å².